The van der Waals surface area contributed by atoms with Gasteiger partial charge in [0.1, 0.15) is 12.4 Å². The third-order valence-electron chi connectivity index (χ3n) is 4.95. The molecule has 0 heterocycles. The summed E-state index contributed by atoms with van der Waals surface area (Å²) in [4.78, 5) is 12.3. The van der Waals surface area contributed by atoms with Crippen molar-refractivity contribution in [3.63, 3.8) is 0 Å². The molecule has 1 aliphatic carbocycles. The van der Waals surface area contributed by atoms with Crippen LogP contribution in [0.2, 0.25) is 0 Å². The number of unbranched alkanes of at least 4 members (excludes halogenated alkanes) is 3. The summed E-state index contributed by atoms with van der Waals surface area (Å²) in [6, 6.07) is 7.59. The Kier molecular flexibility index (Phi) is 8.61. The number of aryl methyl sites for hydroxylation is 1. The van der Waals surface area contributed by atoms with Gasteiger partial charge in [-0.2, -0.15) is 13.2 Å². The molecule has 0 unspecified atom stereocenters. The molecule has 1 aromatic rings. The Hall–Kier alpha value is -1.56. The fraction of sp³-hybridized carbons (Fsp3) is 0.667. The van der Waals surface area contributed by atoms with Gasteiger partial charge in [0.2, 0.25) is 0 Å². The van der Waals surface area contributed by atoms with Crippen LogP contribution in [0.15, 0.2) is 24.3 Å². The van der Waals surface area contributed by atoms with Crippen molar-refractivity contribution in [3.05, 3.63) is 29.8 Å². The number of carbonyl (C=O) groups excluding carboxylic acids is 1. The van der Waals surface area contributed by atoms with E-state index in [0.717, 1.165) is 12.8 Å². The Bertz CT molecular complexity index is 561. The Morgan fingerprint density at radius 2 is 1.70 bits per heavy atom. The molecule has 1 saturated carbocycles. The van der Waals surface area contributed by atoms with Crippen LogP contribution in [0.1, 0.15) is 63.9 Å². The second-order valence-electron chi connectivity index (χ2n) is 7.28. The third-order valence-corrected chi connectivity index (χ3v) is 4.95. The lowest BCUT2D eigenvalue weighted by atomic mass is 9.87. The minimum Gasteiger partial charge on any atom is -0.426 e. The Morgan fingerprint density at radius 1 is 1.04 bits per heavy atom. The Balaban J connectivity index is 1.71. The van der Waals surface area contributed by atoms with Crippen molar-refractivity contribution in [2.24, 2.45) is 5.92 Å². The van der Waals surface area contributed by atoms with Crippen LogP contribution in [0.3, 0.4) is 0 Å². The summed E-state index contributed by atoms with van der Waals surface area (Å²) < 4.78 is 46.9. The van der Waals surface area contributed by atoms with E-state index >= 15 is 0 Å². The SMILES string of the molecule is CCCCCCc1ccc(OC(=O)C2CCC(OCC(F)(F)F)CC2)cc1. The van der Waals surface area contributed by atoms with Gasteiger partial charge in [0.05, 0.1) is 12.0 Å². The average Bonchev–Trinajstić information content (AvgIpc) is 2.65. The summed E-state index contributed by atoms with van der Waals surface area (Å²) in [6.07, 6.45) is 3.03. The van der Waals surface area contributed by atoms with Crippen molar-refractivity contribution < 1.29 is 27.4 Å². The zero-order valence-corrected chi connectivity index (χ0v) is 15.9. The topological polar surface area (TPSA) is 35.5 Å². The molecule has 3 nitrogen and oxygen atoms in total. The summed E-state index contributed by atoms with van der Waals surface area (Å²) in [5.41, 5.74) is 1.23. The first kappa shape index (κ1) is 21.7. The van der Waals surface area contributed by atoms with Gasteiger partial charge in [-0.3, -0.25) is 4.79 Å². The van der Waals surface area contributed by atoms with E-state index in [9.17, 15) is 18.0 Å². The first-order valence-corrected chi connectivity index (χ1v) is 9.86. The van der Waals surface area contributed by atoms with Crippen molar-refractivity contribution in [3.8, 4) is 5.75 Å². The highest BCUT2D eigenvalue weighted by Gasteiger charge is 2.32. The second kappa shape index (κ2) is 10.7. The van der Waals surface area contributed by atoms with Gasteiger partial charge in [-0.05, 0) is 56.2 Å². The van der Waals surface area contributed by atoms with E-state index in [2.05, 4.69) is 6.92 Å². The molecule has 2 rings (SSSR count). The molecule has 6 heteroatoms. The molecule has 0 aliphatic heterocycles. The lowest BCUT2D eigenvalue weighted by molar-refractivity contribution is -0.189. The van der Waals surface area contributed by atoms with Crippen LogP contribution in [0, 0.1) is 5.92 Å². The van der Waals surface area contributed by atoms with E-state index in [0.29, 0.717) is 31.4 Å². The van der Waals surface area contributed by atoms with Crippen molar-refractivity contribution in [1.29, 1.82) is 0 Å². The van der Waals surface area contributed by atoms with E-state index in [4.69, 9.17) is 9.47 Å². The van der Waals surface area contributed by atoms with Crippen LogP contribution in [-0.2, 0) is 16.0 Å². The lowest BCUT2D eigenvalue weighted by Crippen LogP contribution is -2.31. The van der Waals surface area contributed by atoms with Gasteiger partial charge < -0.3 is 9.47 Å². The zero-order valence-electron chi connectivity index (χ0n) is 15.9. The maximum atomic E-state index is 12.3. The van der Waals surface area contributed by atoms with Crippen LogP contribution >= 0.6 is 0 Å². The number of carbonyl (C=O) groups is 1. The molecule has 0 atom stereocenters. The zero-order chi connectivity index (χ0) is 19.7. The fourth-order valence-electron chi connectivity index (χ4n) is 3.36. The second-order valence-corrected chi connectivity index (χ2v) is 7.28. The largest absolute Gasteiger partial charge is 0.426 e. The molecule has 1 aromatic carbocycles. The number of hydrogen-bond acceptors (Lipinski definition) is 3. The van der Waals surface area contributed by atoms with Crippen molar-refractivity contribution in [2.75, 3.05) is 6.61 Å². The quantitative estimate of drug-likeness (QED) is 0.303. The summed E-state index contributed by atoms with van der Waals surface area (Å²) >= 11 is 0. The van der Waals surface area contributed by atoms with E-state index in [1.807, 2.05) is 24.3 Å². The summed E-state index contributed by atoms with van der Waals surface area (Å²) in [5, 5.41) is 0. The molecular weight excluding hydrogens is 357 g/mol. The molecule has 0 aromatic heterocycles. The monoisotopic (exact) mass is 386 g/mol. The number of ether oxygens (including phenoxy) is 2. The smallest absolute Gasteiger partial charge is 0.411 e. The van der Waals surface area contributed by atoms with Crippen LogP contribution in [0.25, 0.3) is 0 Å². The van der Waals surface area contributed by atoms with Gasteiger partial charge in [0.25, 0.3) is 0 Å². The van der Waals surface area contributed by atoms with Crippen LogP contribution < -0.4 is 4.74 Å². The highest BCUT2D eigenvalue weighted by molar-refractivity contribution is 5.75. The van der Waals surface area contributed by atoms with E-state index in [1.54, 1.807) is 0 Å². The van der Waals surface area contributed by atoms with Gasteiger partial charge >= 0.3 is 12.1 Å². The number of halogens is 3. The first-order chi connectivity index (χ1) is 12.9. The van der Waals surface area contributed by atoms with E-state index in [1.165, 1.54) is 24.8 Å². The number of alkyl halides is 3. The normalized spacial score (nSPS) is 20.4. The molecular formula is C21H29F3O3. The molecule has 0 N–H and O–H groups in total. The molecule has 1 fully saturated rings. The molecule has 0 saturated heterocycles. The highest BCUT2D eigenvalue weighted by Crippen LogP contribution is 2.29. The van der Waals surface area contributed by atoms with Crippen LogP contribution in [0.4, 0.5) is 13.2 Å². The fourth-order valence-corrected chi connectivity index (χ4v) is 3.36. The molecule has 0 amide bonds. The number of hydrogen-bond donors (Lipinski definition) is 0. The Labute approximate surface area is 159 Å². The van der Waals surface area contributed by atoms with Crippen LogP contribution in [0.5, 0.6) is 5.75 Å². The van der Waals surface area contributed by atoms with Gasteiger partial charge in [0.15, 0.2) is 0 Å². The molecule has 0 spiro atoms. The number of rotatable bonds is 9. The predicted octanol–water partition coefficient (Wildman–Crippen LogP) is 5.85. The maximum Gasteiger partial charge on any atom is 0.411 e. The predicted molar refractivity (Wildman–Crippen MR) is 97.7 cm³/mol. The summed E-state index contributed by atoms with van der Waals surface area (Å²) in [6.45, 7) is 0.961. The van der Waals surface area contributed by atoms with Crippen molar-refractivity contribution >= 4 is 5.97 Å². The minimum atomic E-state index is -4.31. The highest BCUT2D eigenvalue weighted by atomic mass is 19.4. The Morgan fingerprint density at radius 3 is 2.30 bits per heavy atom. The molecule has 27 heavy (non-hydrogen) atoms. The van der Waals surface area contributed by atoms with E-state index < -0.39 is 18.9 Å². The van der Waals surface area contributed by atoms with Crippen molar-refractivity contribution in [1.82, 2.24) is 0 Å². The average molecular weight is 386 g/mol. The number of esters is 1. The van der Waals surface area contributed by atoms with Gasteiger partial charge in [-0.15, -0.1) is 0 Å². The molecule has 0 bridgehead atoms. The molecule has 152 valence electrons. The van der Waals surface area contributed by atoms with Crippen LogP contribution in [-0.4, -0.2) is 24.9 Å². The lowest BCUT2D eigenvalue weighted by Gasteiger charge is -2.27. The maximum absolute atomic E-state index is 12.3. The molecule has 1 aliphatic rings. The van der Waals surface area contributed by atoms with Crippen molar-refractivity contribution in [2.45, 2.75) is 77.0 Å². The summed E-state index contributed by atoms with van der Waals surface area (Å²) in [7, 11) is 0. The minimum absolute atomic E-state index is 0.274. The van der Waals surface area contributed by atoms with Gasteiger partial charge in [0, 0.05) is 0 Å². The summed E-state index contributed by atoms with van der Waals surface area (Å²) in [5.74, 6) is -0.0582. The van der Waals surface area contributed by atoms with Gasteiger partial charge in [-0.25, -0.2) is 0 Å². The third kappa shape index (κ3) is 8.33. The molecule has 0 radical (unpaired) electrons. The van der Waals surface area contributed by atoms with Gasteiger partial charge in [-0.1, -0.05) is 38.3 Å². The first-order valence-electron chi connectivity index (χ1n) is 9.86. The standard InChI is InChI=1S/C21H29F3O3/c1-2-3-4-5-6-16-7-11-19(12-8-16)27-20(25)17-9-13-18(14-10-17)26-15-21(22,23)24/h7-8,11-12,17-18H,2-6,9-10,13-15H2,1H3. The van der Waals surface area contributed by atoms with E-state index in [-0.39, 0.29) is 11.9 Å². The number of benzene rings is 1.